The summed E-state index contributed by atoms with van der Waals surface area (Å²) in [6.07, 6.45) is 0. The highest BCUT2D eigenvalue weighted by atomic mass is 16.2. The Labute approximate surface area is 103 Å². The van der Waals surface area contributed by atoms with Crippen molar-refractivity contribution < 1.29 is 4.79 Å². The Morgan fingerprint density at radius 3 is 2.35 bits per heavy atom. The molecule has 0 atom stereocenters. The van der Waals surface area contributed by atoms with Crippen molar-refractivity contribution in [2.45, 2.75) is 27.7 Å². The molecule has 0 saturated heterocycles. The van der Waals surface area contributed by atoms with Crippen LogP contribution in [-0.2, 0) is 0 Å². The molecule has 0 bridgehead atoms. The number of rotatable bonds is 3. The lowest BCUT2D eigenvalue weighted by molar-refractivity contribution is 0.217. The van der Waals surface area contributed by atoms with Gasteiger partial charge in [-0.15, -0.1) is 0 Å². The normalized spacial score (nSPS) is 10.1. The fourth-order valence-corrected chi connectivity index (χ4v) is 1.71. The summed E-state index contributed by atoms with van der Waals surface area (Å²) in [5.74, 6) is 0. The molecule has 1 aromatic rings. The van der Waals surface area contributed by atoms with Crippen molar-refractivity contribution in [1.82, 2.24) is 4.90 Å². The van der Waals surface area contributed by atoms with Gasteiger partial charge in [0.25, 0.3) is 0 Å². The minimum Gasteiger partial charge on any atom is -0.398 e. The molecule has 0 aliphatic carbocycles. The predicted molar refractivity (Wildman–Crippen MR) is 72.3 cm³/mol. The van der Waals surface area contributed by atoms with Gasteiger partial charge in [0.05, 0.1) is 0 Å². The van der Waals surface area contributed by atoms with Gasteiger partial charge < -0.3 is 16.0 Å². The van der Waals surface area contributed by atoms with Crippen LogP contribution < -0.4 is 11.1 Å². The molecule has 0 aliphatic heterocycles. The summed E-state index contributed by atoms with van der Waals surface area (Å²) < 4.78 is 0. The van der Waals surface area contributed by atoms with E-state index in [9.17, 15) is 4.79 Å². The molecule has 94 valence electrons. The van der Waals surface area contributed by atoms with E-state index >= 15 is 0 Å². The molecule has 4 heteroatoms. The second kappa shape index (κ2) is 5.57. The lowest BCUT2D eigenvalue weighted by Gasteiger charge is -2.20. The largest absolute Gasteiger partial charge is 0.398 e. The first kappa shape index (κ1) is 13.4. The van der Waals surface area contributed by atoms with Crippen LogP contribution in [0.5, 0.6) is 0 Å². The summed E-state index contributed by atoms with van der Waals surface area (Å²) in [5.41, 5.74) is 9.38. The van der Waals surface area contributed by atoms with Gasteiger partial charge in [0.1, 0.15) is 0 Å². The standard InChI is InChI=1S/C13H21N3O/c1-5-16(6-2)13(17)15-12-8-11(14)9(3)7-10(12)4/h7-8H,5-6,14H2,1-4H3,(H,15,17). The van der Waals surface area contributed by atoms with Gasteiger partial charge in [-0.25, -0.2) is 4.79 Å². The second-order valence-corrected chi connectivity index (χ2v) is 4.13. The number of carbonyl (C=O) groups excluding carboxylic acids is 1. The quantitative estimate of drug-likeness (QED) is 0.791. The maximum atomic E-state index is 11.9. The third-order valence-electron chi connectivity index (χ3n) is 2.91. The molecule has 1 aromatic carbocycles. The Balaban J connectivity index is 2.88. The molecule has 3 N–H and O–H groups in total. The second-order valence-electron chi connectivity index (χ2n) is 4.13. The van der Waals surface area contributed by atoms with Gasteiger partial charge >= 0.3 is 6.03 Å². The van der Waals surface area contributed by atoms with Crippen LogP contribution in [0.1, 0.15) is 25.0 Å². The summed E-state index contributed by atoms with van der Waals surface area (Å²) in [6, 6.07) is 3.71. The SMILES string of the molecule is CCN(CC)C(=O)Nc1cc(N)c(C)cc1C. The first-order chi connectivity index (χ1) is 7.99. The third-order valence-corrected chi connectivity index (χ3v) is 2.91. The number of hydrogen-bond acceptors (Lipinski definition) is 2. The van der Waals surface area contributed by atoms with Crippen LogP contribution >= 0.6 is 0 Å². The monoisotopic (exact) mass is 235 g/mol. The highest BCUT2D eigenvalue weighted by Crippen LogP contribution is 2.22. The molecule has 1 rings (SSSR count). The Hall–Kier alpha value is -1.71. The topological polar surface area (TPSA) is 58.4 Å². The number of hydrogen-bond donors (Lipinski definition) is 2. The number of nitrogens with one attached hydrogen (secondary N) is 1. The molecule has 0 spiro atoms. The summed E-state index contributed by atoms with van der Waals surface area (Å²) in [4.78, 5) is 13.6. The van der Waals surface area contributed by atoms with E-state index in [1.807, 2.05) is 39.8 Å². The van der Waals surface area contributed by atoms with Gasteiger partial charge in [-0.05, 0) is 44.9 Å². The van der Waals surface area contributed by atoms with E-state index in [4.69, 9.17) is 5.73 Å². The molecule has 4 nitrogen and oxygen atoms in total. The lowest BCUT2D eigenvalue weighted by atomic mass is 10.1. The first-order valence-corrected chi connectivity index (χ1v) is 5.92. The highest BCUT2D eigenvalue weighted by Gasteiger charge is 2.11. The molecule has 0 heterocycles. The van der Waals surface area contributed by atoms with Crippen molar-refractivity contribution in [1.29, 1.82) is 0 Å². The minimum atomic E-state index is -0.0821. The zero-order chi connectivity index (χ0) is 13.0. The number of nitrogens with zero attached hydrogens (tertiary/aromatic N) is 1. The number of nitrogens with two attached hydrogens (primary N) is 1. The van der Waals surface area contributed by atoms with Gasteiger partial charge in [-0.1, -0.05) is 6.07 Å². The summed E-state index contributed by atoms with van der Waals surface area (Å²) in [5, 5.41) is 2.89. The third kappa shape index (κ3) is 3.12. The van der Waals surface area contributed by atoms with Gasteiger partial charge in [0, 0.05) is 24.5 Å². The predicted octanol–water partition coefficient (Wildman–Crippen LogP) is 2.76. The van der Waals surface area contributed by atoms with Crippen LogP contribution in [0.2, 0.25) is 0 Å². The molecule has 0 saturated carbocycles. The van der Waals surface area contributed by atoms with E-state index in [1.54, 1.807) is 4.90 Å². The van der Waals surface area contributed by atoms with Crippen LogP contribution in [-0.4, -0.2) is 24.0 Å². The van der Waals surface area contributed by atoms with Crippen LogP contribution in [0, 0.1) is 13.8 Å². The maximum Gasteiger partial charge on any atom is 0.321 e. The van der Waals surface area contributed by atoms with E-state index in [2.05, 4.69) is 5.32 Å². The average Bonchev–Trinajstić information content (AvgIpc) is 2.27. The van der Waals surface area contributed by atoms with E-state index in [0.29, 0.717) is 18.8 Å². The Morgan fingerprint density at radius 2 is 1.82 bits per heavy atom. The van der Waals surface area contributed by atoms with E-state index in [-0.39, 0.29) is 6.03 Å². The van der Waals surface area contributed by atoms with Crippen molar-refractivity contribution >= 4 is 17.4 Å². The lowest BCUT2D eigenvalue weighted by Crippen LogP contribution is -2.34. The number of amides is 2. The van der Waals surface area contributed by atoms with Gasteiger partial charge in [0.15, 0.2) is 0 Å². The number of urea groups is 1. The van der Waals surface area contributed by atoms with Gasteiger partial charge in [-0.3, -0.25) is 0 Å². The molecule has 0 aliphatic rings. The minimum absolute atomic E-state index is 0.0821. The first-order valence-electron chi connectivity index (χ1n) is 5.92. The summed E-state index contributed by atoms with van der Waals surface area (Å²) in [7, 11) is 0. The Morgan fingerprint density at radius 1 is 1.24 bits per heavy atom. The van der Waals surface area contributed by atoms with Crippen LogP contribution in [0.25, 0.3) is 0 Å². The van der Waals surface area contributed by atoms with Crippen LogP contribution in [0.15, 0.2) is 12.1 Å². The molecular weight excluding hydrogens is 214 g/mol. The maximum absolute atomic E-state index is 11.9. The van der Waals surface area contributed by atoms with Crippen LogP contribution in [0.4, 0.5) is 16.2 Å². The van der Waals surface area contributed by atoms with E-state index < -0.39 is 0 Å². The van der Waals surface area contributed by atoms with Gasteiger partial charge in [0.2, 0.25) is 0 Å². The highest BCUT2D eigenvalue weighted by molar-refractivity contribution is 5.90. The fraction of sp³-hybridized carbons (Fsp3) is 0.462. The summed E-state index contributed by atoms with van der Waals surface area (Å²) >= 11 is 0. The molecular formula is C13H21N3O. The number of carbonyl (C=O) groups is 1. The summed E-state index contributed by atoms with van der Waals surface area (Å²) in [6.45, 7) is 9.23. The Kier molecular flexibility index (Phi) is 4.37. The van der Waals surface area contributed by atoms with Crippen molar-refractivity contribution in [3.8, 4) is 0 Å². The van der Waals surface area contributed by atoms with E-state index in [1.165, 1.54) is 0 Å². The zero-order valence-corrected chi connectivity index (χ0v) is 11.0. The van der Waals surface area contributed by atoms with Crippen molar-refractivity contribution in [3.05, 3.63) is 23.3 Å². The number of nitrogen functional groups attached to an aromatic ring is 1. The molecule has 0 aromatic heterocycles. The van der Waals surface area contributed by atoms with Crippen molar-refractivity contribution in [2.24, 2.45) is 0 Å². The molecule has 0 radical (unpaired) electrons. The van der Waals surface area contributed by atoms with Crippen molar-refractivity contribution in [3.63, 3.8) is 0 Å². The zero-order valence-electron chi connectivity index (χ0n) is 11.0. The average molecular weight is 235 g/mol. The van der Waals surface area contributed by atoms with E-state index in [0.717, 1.165) is 16.8 Å². The number of aryl methyl sites for hydroxylation is 2. The number of anilines is 2. The molecule has 0 unspecified atom stereocenters. The van der Waals surface area contributed by atoms with Crippen molar-refractivity contribution in [2.75, 3.05) is 24.1 Å². The van der Waals surface area contributed by atoms with Crippen LogP contribution in [0.3, 0.4) is 0 Å². The Bertz CT molecular complexity index is 411. The number of benzene rings is 1. The smallest absolute Gasteiger partial charge is 0.321 e. The fourth-order valence-electron chi connectivity index (χ4n) is 1.71. The van der Waals surface area contributed by atoms with Gasteiger partial charge in [-0.2, -0.15) is 0 Å². The molecule has 0 fully saturated rings. The molecule has 2 amide bonds. The molecule has 17 heavy (non-hydrogen) atoms.